The Kier molecular flexibility index (Phi) is 3.82. The molecule has 0 fully saturated rings. The van der Waals surface area contributed by atoms with Crippen molar-refractivity contribution in [1.29, 1.82) is 0 Å². The van der Waals surface area contributed by atoms with Crippen molar-refractivity contribution in [3.63, 3.8) is 0 Å². The molecule has 2 aromatic rings. The van der Waals surface area contributed by atoms with Gasteiger partial charge in [0.05, 0.1) is 12.0 Å². The van der Waals surface area contributed by atoms with Gasteiger partial charge in [-0.2, -0.15) is 5.10 Å². The van der Waals surface area contributed by atoms with Gasteiger partial charge in [-0.15, -0.1) is 0 Å². The molecule has 0 bridgehead atoms. The fourth-order valence-corrected chi connectivity index (χ4v) is 2.68. The molecule has 1 heterocycles. The maximum absolute atomic E-state index is 13.0. The normalized spacial score (nSPS) is 17.4. The highest BCUT2D eigenvalue weighted by atomic mass is 16.2. The molecule has 2 aromatic carbocycles. The van der Waals surface area contributed by atoms with Gasteiger partial charge in [-0.1, -0.05) is 60.7 Å². The highest BCUT2D eigenvalue weighted by Gasteiger charge is 2.31. The fraction of sp³-hybridized carbons (Fsp3) is 0.222. The van der Waals surface area contributed by atoms with Crippen LogP contribution in [0.1, 0.15) is 30.4 Å². The van der Waals surface area contributed by atoms with Gasteiger partial charge in [0.1, 0.15) is 0 Å². The Balaban J connectivity index is 2.01. The van der Waals surface area contributed by atoms with Crippen molar-refractivity contribution in [3.8, 4) is 0 Å². The Morgan fingerprint density at radius 1 is 1.05 bits per heavy atom. The molecule has 0 aromatic heterocycles. The lowest BCUT2D eigenvalue weighted by Gasteiger charge is -2.25. The number of benzene rings is 2. The predicted octanol–water partition coefficient (Wildman–Crippen LogP) is 3.43. The summed E-state index contributed by atoms with van der Waals surface area (Å²) in [6, 6.07) is 19.9. The van der Waals surface area contributed by atoms with Crippen LogP contribution in [0.15, 0.2) is 65.8 Å². The molecule has 1 unspecified atom stereocenters. The standard InChI is InChI=1S/C18H18N2O/c1-14-12-13-19-20(14)18(21)17(15-8-4-2-5-9-15)16-10-6-3-7-11-16/h2-11,13-14,17H,12H2,1H3. The first-order valence-electron chi connectivity index (χ1n) is 7.23. The molecule has 0 spiro atoms. The molecule has 3 rings (SSSR count). The highest BCUT2D eigenvalue weighted by molar-refractivity contribution is 5.88. The third-order valence-corrected chi connectivity index (χ3v) is 3.81. The van der Waals surface area contributed by atoms with Gasteiger partial charge in [0.2, 0.25) is 0 Å². The van der Waals surface area contributed by atoms with E-state index >= 15 is 0 Å². The largest absolute Gasteiger partial charge is 0.272 e. The van der Waals surface area contributed by atoms with Gasteiger partial charge in [0.15, 0.2) is 0 Å². The molecule has 1 atom stereocenters. The molecule has 1 aliphatic heterocycles. The van der Waals surface area contributed by atoms with Gasteiger partial charge < -0.3 is 0 Å². The van der Waals surface area contributed by atoms with Crippen LogP contribution in [0, 0.1) is 0 Å². The lowest BCUT2D eigenvalue weighted by atomic mass is 9.90. The smallest absolute Gasteiger partial charge is 0.254 e. The Morgan fingerprint density at radius 3 is 2.00 bits per heavy atom. The Labute approximate surface area is 124 Å². The van der Waals surface area contributed by atoms with Crippen LogP contribution < -0.4 is 0 Å². The van der Waals surface area contributed by atoms with E-state index in [1.807, 2.05) is 73.8 Å². The van der Waals surface area contributed by atoms with Crippen LogP contribution in [0.2, 0.25) is 0 Å². The van der Waals surface area contributed by atoms with E-state index in [2.05, 4.69) is 5.10 Å². The summed E-state index contributed by atoms with van der Waals surface area (Å²) < 4.78 is 0. The van der Waals surface area contributed by atoms with Crippen LogP contribution in [0.25, 0.3) is 0 Å². The zero-order valence-electron chi connectivity index (χ0n) is 12.0. The second-order valence-corrected chi connectivity index (χ2v) is 5.32. The summed E-state index contributed by atoms with van der Waals surface area (Å²) in [5, 5.41) is 5.86. The van der Waals surface area contributed by atoms with E-state index in [-0.39, 0.29) is 17.9 Å². The van der Waals surface area contributed by atoms with Crippen LogP contribution in [0.4, 0.5) is 0 Å². The van der Waals surface area contributed by atoms with Crippen LogP contribution in [-0.2, 0) is 4.79 Å². The van der Waals surface area contributed by atoms with E-state index in [1.54, 1.807) is 5.01 Å². The maximum atomic E-state index is 13.0. The van der Waals surface area contributed by atoms with Crippen LogP contribution in [-0.4, -0.2) is 23.2 Å². The SMILES string of the molecule is CC1CC=NN1C(=O)C(c1ccccc1)c1ccccc1. The van der Waals surface area contributed by atoms with Crippen molar-refractivity contribution >= 4 is 12.1 Å². The predicted molar refractivity (Wildman–Crippen MR) is 84.1 cm³/mol. The lowest BCUT2D eigenvalue weighted by Crippen LogP contribution is -2.35. The number of carbonyl (C=O) groups excluding carboxylic acids is 1. The van der Waals surface area contributed by atoms with Gasteiger partial charge in [0.25, 0.3) is 5.91 Å². The van der Waals surface area contributed by atoms with Crippen molar-refractivity contribution in [1.82, 2.24) is 5.01 Å². The third kappa shape index (κ3) is 2.72. The molecular weight excluding hydrogens is 260 g/mol. The molecule has 1 amide bonds. The van der Waals surface area contributed by atoms with E-state index in [4.69, 9.17) is 0 Å². The summed E-state index contributed by atoms with van der Waals surface area (Å²) in [4.78, 5) is 13.0. The van der Waals surface area contributed by atoms with E-state index in [0.29, 0.717) is 0 Å². The highest BCUT2D eigenvalue weighted by Crippen LogP contribution is 2.28. The maximum Gasteiger partial charge on any atom is 0.254 e. The average molecular weight is 278 g/mol. The van der Waals surface area contributed by atoms with Gasteiger partial charge in [0, 0.05) is 12.6 Å². The molecule has 0 N–H and O–H groups in total. The number of nitrogens with zero attached hydrogens (tertiary/aromatic N) is 2. The first-order valence-corrected chi connectivity index (χ1v) is 7.23. The molecule has 0 radical (unpaired) electrons. The van der Waals surface area contributed by atoms with Gasteiger partial charge in [-0.3, -0.25) is 4.79 Å². The first kappa shape index (κ1) is 13.6. The van der Waals surface area contributed by atoms with Crippen LogP contribution in [0.5, 0.6) is 0 Å². The number of amides is 1. The van der Waals surface area contributed by atoms with E-state index in [9.17, 15) is 4.79 Å². The number of hydrogen-bond donors (Lipinski definition) is 0. The van der Waals surface area contributed by atoms with Crippen molar-refractivity contribution in [3.05, 3.63) is 71.8 Å². The monoisotopic (exact) mass is 278 g/mol. The molecular formula is C18H18N2O. The quantitative estimate of drug-likeness (QED) is 0.846. The molecule has 1 aliphatic rings. The average Bonchev–Trinajstić information content (AvgIpc) is 2.96. The van der Waals surface area contributed by atoms with Crippen molar-refractivity contribution in [2.75, 3.05) is 0 Å². The van der Waals surface area contributed by atoms with Gasteiger partial charge in [-0.25, -0.2) is 5.01 Å². The molecule has 3 heteroatoms. The van der Waals surface area contributed by atoms with Crippen LogP contribution >= 0.6 is 0 Å². The minimum atomic E-state index is -0.301. The minimum Gasteiger partial charge on any atom is -0.272 e. The fourth-order valence-electron chi connectivity index (χ4n) is 2.68. The lowest BCUT2D eigenvalue weighted by molar-refractivity contribution is -0.133. The number of hydrazone groups is 1. The molecule has 106 valence electrons. The summed E-state index contributed by atoms with van der Waals surface area (Å²) in [5.74, 6) is -0.265. The van der Waals surface area contributed by atoms with Gasteiger partial charge in [-0.05, 0) is 18.1 Å². The van der Waals surface area contributed by atoms with Crippen LogP contribution in [0.3, 0.4) is 0 Å². The minimum absolute atomic E-state index is 0.0358. The zero-order valence-corrected chi connectivity index (χ0v) is 12.0. The number of hydrogen-bond acceptors (Lipinski definition) is 2. The molecule has 0 aliphatic carbocycles. The third-order valence-electron chi connectivity index (χ3n) is 3.81. The summed E-state index contributed by atoms with van der Waals surface area (Å²) >= 11 is 0. The van der Waals surface area contributed by atoms with Crippen molar-refractivity contribution in [2.24, 2.45) is 5.10 Å². The molecule has 21 heavy (non-hydrogen) atoms. The molecule has 3 nitrogen and oxygen atoms in total. The number of carbonyl (C=O) groups is 1. The summed E-state index contributed by atoms with van der Waals surface area (Å²) in [7, 11) is 0. The van der Waals surface area contributed by atoms with E-state index in [1.165, 1.54) is 0 Å². The zero-order chi connectivity index (χ0) is 14.7. The Bertz CT molecular complexity index is 597. The molecule has 0 saturated heterocycles. The van der Waals surface area contributed by atoms with Gasteiger partial charge >= 0.3 is 0 Å². The Hall–Kier alpha value is -2.42. The summed E-state index contributed by atoms with van der Waals surface area (Å²) in [6.45, 7) is 2.03. The van der Waals surface area contributed by atoms with E-state index in [0.717, 1.165) is 17.5 Å². The topological polar surface area (TPSA) is 32.7 Å². The van der Waals surface area contributed by atoms with Crippen molar-refractivity contribution < 1.29 is 4.79 Å². The second-order valence-electron chi connectivity index (χ2n) is 5.32. The number of rotatable bonds is 3. The first-order chi connectivity index (χ1) is 10.3. The summed E-state index contributed by atoms with van der Waals surface area (Å²) in [5.41, 5.74) is 2.01. The second kappa shape index (κ2) is 5.92. The van der Waals surface area contributed by atoms with Crippen molar-refractivity contribution in [2.45, 2.75) is 25.3 Å². The Morgan fingerprint density at radius 2 is 1.57 bits per heavy atom. The molecule has 0 saturated carbocycles. The van der Waals surface area contributed by atoms with E-state index < -0.39 is 0 Å². The summed E-state index contributed by atoms with van der Waals surface area (Å²) in [6.07, 6.45) is 2.64.